The molecule has 0 aliphatic carbocycles. The van der Waals surface area contributed by atoms with Gasteiger partial charge in [-0.2, -0.15) is 0 Å². The van der Waals surface area contributed by atoms with Crippen molar-refractivity contribution < 1.29 is 18.1 Å². The molecule has 2 heterocycles. The molecule has 0 saturated carbocycles. The first-order valence-electron chi connectivity index (χ1n) is 10.5. The second kappa shape index (κ2) is 8.35. The summed E-state index contributed by atoms with van der Waals surface area (Å²) >= 11 is 0. The van der Waals surface area contributed by atoms with Crippen molar-refractivity contribution in [2.45, 2.75) is 19.3 Å². The van der Waals surface area contributed by atoms with Crippen molar-refractivity contribution in [3.63, 3.8) is 0 Å². The van der Waals surface area contributed by atoms with E-state index in [-0.39, 0.29) is 10.8 Å². The molecule has 5 nitrogen and oxygen atoms in total. The fourth-order valence-corrected chi connectivity index (χ4v) is 4.51. The Morgan fingerprint density at radius 2 is 1.73 bits per heavy atom. The summed E-state index contributed by atoms with van der Waals surface area (Å²) in [6, 6.07) is 14.5. The lowest BCUT2D eigenvalue weighted by Gasteiger charge is -2.23. The van der Waals surface area contributed by atoms with Crippen molar-refractivity contribution in [1.82, 2.24) is 4.57 Å². The number of para-hydroxylation sites is 2. The van der Waals surface area contributed by atoms with Gasteiger partial charge in [-0.25, -0.2) is 8.63 Å². The number of carbonyl (C=O) groups excluding carboxylic acids is 1. The van der Waals surface area contributed by atoms with Crippen LogP contribution in [-0.4, -0.2) is 24.9 Å². The van der Waals surface area contributed by atoms with Crippen LogP contribution in [0.3, 0.4) is 0 Å². The molecular formula is C25H23BF2N2O3. The van der Waals surface area contributed by atoms with E-state index in [1.807, 2.05) is 30.1 Å². The van der Waals surface area contributed by atoms with Crippen molar-refractivity contribution in [1.29, 1.82) is 0 Å². The maximum atomic E-state index is 13.2. The van der Waals surface area contributed by atoms with Gasteiger partial charge in [0.25, 0.3) is 5.56 Å². The highest BCUT2D eigenvalue weighted by atomic mass is 19.2. The standard InChI is InChI=1S/C25H23BF2N2O3/c1-25(2)17-11-6-8-13-19(17)29(3)21(25)15-9-14-20(31)22-23(33-26(27)28)16-10-5-7-12-18(16)30(4)24(22)32/h5-15H,1-4H3/b14-9+,21-15+. The van der Waals surface area contributed by atoms with Crippen molar-refractivity contribution in [2.75, 3.05) is 11.9 Å². The number of allylic oxidation sites excluding steroid dienone is 4. The Balaban J connectivity index is 1.76. The Kier molecular flexibility index (Phi) is 5.70. The topological polar surface area (TPSA) is 51.5 Å². The number of hydrogen-bond donors (Lipinski definition) is 0. The first kappa shape index (κ1) is 22.5. The molecular weight excluding hydrogens is 425 g/mol. The number of nitrogens with zero attached hydrogens (tertiary/aromatic N) is 2. The van der Waals surface area contributed by atoms with E-state index >= 15 is 0 Å². The number of rotatable bonds is 5. The van der Waals surface area contributed by atoms with E-state index in [1.54, 1.807) is 36.4 Å². The maximum Gasteiger partial charge on any atom is 0.796 e. The summed E-state index contributed by atoms with van der Waals surface area (Å²) in [6.07, 6.45) is 4.56. The van der Waals surface area contributed by atoms with Crippen LogP contribution in [0.15, 0.2) is 77.3 Å². The Morgan fingerprint density at radius 1 is 1.06 bits per heavy atom. The molecule has 4 rings (SSSR count). The number of ketones is 1. The van der Waals surface area contributed by atoms with Crippen LogP contribution >= 0.6 is 0 Å². The summed E-state index contributed by atoms with van der Waals surface area (Å²) in [7, 11) is 0.263. The van der Waals surface area contributed by atoms with Gasteiger partial charge in [0.15, 0.2) is 5.78 Å². The van der Waals surface area contributed by atoms with E-state index in [9.17, 15) is 18.2 Å². The molecule has 1 aromatic heterocycles. The average Bonchev–Trinajstić information content (AvgIpc) is 2.98. The zero-order valence-corrected chi connectivity index (χ0v) is 18.8. The fourth-order valence-electron chi connectivity index (χ4n) is 4.51. The van der Waals surface area contributed by atoms with Gasteiger partial charge in [-0.15, -0.1) is 0 Å². The van der Waals surface area contributed by atoms with Crippen LogP contribution in [0.2, 0.25) is 0 Å². The first-order chi connectivity index (χ1) is 15.6. The van der Waals surface area contributed by atoms with Crippen LogP contribution < -0.4 is 15.1 Å². The van der Waals surface area contributed by atoms with Crippen molar-refractivity contribution in [2.24, 2.45) is 7.05 Å². The van der Waals surface area contributed by atoms with Gasteiger partial charge in [-0.05, 0) is 35.9 Å². The van der Waals surface area contributed by atoms with Crippen LogP contribution in [0, 0.1) is 0 Å². The van der Waals surface area contributed by atoms with Gasteiger partial charge in [-0.3, -0.25) is 9.59 Å². The normalized spacial score (nSPS) is 15.9. The van der Waals surface area contributed by atoms with E-state index < -0.39 is 30.1 Å². The minimum atomic E-state index is -3.18. The van der Waals surface area contributed by atoms with Gasteiger partial charge in [-0.1, -0.05) is 50.3 Å². The highest BCUT2D eigenvalue weighted by molar-refractivity contribution is 6.36. The minimum Gasteiger partial charge on any atom is -0.504 e. The average molecular weight is 448 g/mol. The summed E-state index contributed by atoms with van der Waals surface area (Å²) < 4.78 is 32.3. The second-order valence-corrected chi connectivity index (χ2v) is 8.44. The number of carbonyl (C=O) groups is 1. The number of halogens is 2. The predicted molar refractivity (Wildman–Crippen MR) is 127 cm³/mol. The smallest absolute Gasteiger partial charge is 0.504 e. The van der Waals surface area contributed by atoms with Crippen molar-refractivity contribution >= 4 is 29.8 Å². The SMILES string of the molecule is CN1/C(=C/C=C/C(=O)c2c(OB(F)F)c3ccccc3n(C)c2=O)C(C)(C)c2ccccc21. The van der Waals surface area contributed by atoms with Gasteiger partial charge in [0.05, 0.1) is 5.52 Å². The van der Waals surface area contributed by atoms with Crippen LogP contribution in [0.1, 0.15) is 29.8 Å². The highest BCUT2D eigenvalue weighted by Gasteiger charge is 2.37. The molecule has 0 bridgehead atoms. The number of pyridine rings is 1. The summed E-state index contributed by atoms with van der Waals surface area (Å²) in [5, 5.41) is 0.266. The Labute approximate surface area is 190 Å². The van der Waals surface area contributed by atoms with Gasteiger partial charge in [0.1, 0.15) is 11.3 Å². The zero-order chi connectivity index (χ0) is 23.9. The van der Waals surface area contributed by atoms with E-state index in [0.29, 0.717) is 5.52 Å². The molecule has 0 N–H and O–H groups in total. The Hall–Kier alpha value is -3.68. The van der Waals surface area contributed by atoms with Crippen molar-refractivity contribution in [3.05, 3.63) is 93.9 Å². The number of aryl methyl sites for hydroxylation is 1. The highest BCUT2D eigenvalue weighted by Crippen LogP contribution is 2.46. The molecule has 1 aliphatic heterocycles. The molecule has 0 spiro atoms. The number of aromatic nitrogens is 1. The summed E-state index contributed by atoms with van der Waals surface area (Å²) in [6.45, 7) is 4.18. The van der Waals surface area contributed by atoms with Crippen LogP contribution in [-0.2, 0) is 12.5 Å². The lowest BCUT2D eigenvalue weighted by molar-refractivity contribution is 0.104. The van der Waals surface area contributed by atoms with Crippen LogP contribution in [0.5, 0.6) is 5.75 Å². The molecule has 0 saturated heterocycles. The van der Waals surface area contributed by atoms with E-state index in [0.717, 1.165) is 16.9 Å². The number of hydrogen-bond acceptors (Lipinski definition) is 4. The molecule has 0 amide bonds. The quantitative estimate of drug-likeness (QED) is 0.317. The van der Waals surface area contributed by atoms with Gasteiger partial charge in [0.2, 0.25) is 0 Å². The Bertz CT molecular complexity index is 1380. The fraction of sp³-hybridized carbons (Fsp3) is 0.200. The van der Waals surface area contributed by atoms with Gasteiger partial charge >= 0.3 is 7.47 Å². The van der Waals surface area contributed by atoms with Crippen LogP contribution in [0.4, 0.5) is 14.3 Å². The van der Waals surface area contributed by atoms with E-state index in [4.69, 9.17) is 0 Å². The molecule has 3 aromatic rings. The second-order valence-electron chi connectivity index (χ2n) is 8.44. The predicted octanol–water partition coefficient (Wildman–Crippen LogP) is 4.89. The minimum absolute atomic E-state index is 0.266. The largest absolute Gasteiger partial charge is 0.796 e. The van der Waals surface area contributed by atoms with Gasteiger partial charge < -0.3 is 14.1 Å². The molecule has 8 heteroatoms. The number of anilines is 1. The summed E-state index contributed by atoms with van der Waals surface area (Å²) in [5.74, 6) is -1.11. The number of fused-ring (bicyclic) bond motifs is 2. The third kappa shape index (κ3) is 3.75. The molecule has 168 valence electrons. The molecule has 0 atom stereocenters. The monoisotopic (exact) mass is 448 g/mol. The zero-order valence-electron chi connectivity index (χ0n) is 18.8. The molecule has 2 aromatic carbocycles. The van der Waals surface area contributed by atoms with Crippen molar-refractivity contribution in [3.8, 4) is 5.75 Å². The number of benzene rings is 2. The maximum absolute atomic E-state index is 13.2. The molecule has 1 aliphatic rings. The third-order valence-electron chi connectivity index (χ3n) is 6.15. The molecule has 0 unspecified atom stereocenters. The van der Waals surface area contributed by atoms with E-state index in [2.05, 4.69) is 24.6 Å². The van der Waals surface area contributed by atoms with Crippen LogP contribution in [0.25, 0.3) is 10.9 Å². The first-order valence-corrected chi connectivity index (χ1v) is 10.5. The van der Waals surface area contributed by atoms with E-state index in [1.165, 1.54) is 17.7 Å². The lowest BCUT2D eigenvalue weighted by atomic mass is 9.84. The summed E-state index contributed by atoms with van der Waals surface area (Å²) in [4.78, 5) is 28.0. The Morgan fingerprint density at radius 3 is 2.42 bits per heavy atom. The van der Waals surface area contributed by atoms with Gasteiger partial charge in [0, 0.05) is 36.3 Å². The third-order valence-corrected chi connectivity index (χ3v) is 6.15. The molecule has 0 fully saturated rings. The number of likely N-dealkylation sites (N-methyl/N-ethyl adjacent to an activating group) is 1. The summed E-state index contributed by atoms with van der Waals surface area (Å²) in [5.41, 5.74) is 2.18. The molecule has 0 radical (unpaired) electrons. The lowest BCUT2D eigenvalue weighted by Crippen LogP contribution is -2.27. The molecule has 33 heavy (non-hydrogen) atoms.